The number of primary amides is 1. The van der Waals surface area contributed by atoms with Gasteiger partial charge < -0.3 is 25.0 Å². The van der Waals surface area contributed by atoms with Crippen LogP contribution < -0.4 is 16.0 Å². The fourth-order valence-electron chi connectivity index (χ4n) is 9.67. The number of aromatic amines is 1. The normalized spacial score (nSPS) is 41.8. The van der Waals surface area contributed by atoms with E-state index in [1.165, 1.54) is 30.5 Å². The maximum Gasteiger partial charge on any atom is 0.261 e. The van der Waals surface area contributed by atoms with Crippen molar-refractivity contribution >= 4 is 5.91 Å². The molecule has 7 nitrogen and oxygen atoms in total. The van der Waals surface area contributed by atoms with E-state index >= 15 is 0 Å². The van der Waals surface area contributed by atoms with Gasteiger partial charge in [-0.25, -0.2) is 0 Å². The Balaban J connectivity index is 1.38. The molecule has 7 heteroatoms. The van der Waals surface area contributed by atoms with Gasteiger partial charge in [0.2, 0.25) is 0 Å². The Labute approximate surface area is 197 Å². The zero-order valence-corrected chi connectivity index (χ0v) is 19.4. The number of H-pyrrole nitrogens is 1. The largest absolute Gasteiger partial charge is 0.497 e. The summed E-state index contributed by atoms with van der Waals surface area (Å²) in [6, 6.07) is 8.02. The first-order chi connectivity index (χ1) is 16.3. The molecule has 3 heterocycles. The maximum atomic E-state index is 13.1. The number of pyridine rings is 1. The lowest BCUT2D eigenvalue weighted by molar-refractivity contribution is -0.835. The molecule has 4 aliphatic carbocycles. The van der Waals surface area contributed by atoms with E-state index in [0.29, 0.717) is 24.7 Å². The van der Waals surface area contributed by atoms with Crippen molar-refractivity contribution in [2.24, 2.45) is 23.5 Å². The lowest BCUT2D eigenvalue weighted by Crippen LogP contribution is -2.68. The number of carbonyl (C=O) groups is 1. The third kappa shape index (κ3) is 1.87. The van der Waals surface area contributed by atoms with Gasteiger partial charge in [-0.05, 0) is 54.2 Å². The van der Waals surface area contributed by atoms with Crippen LogP contribution in [0, 0.1) is 17.8 Å². The van der Waals surface area contributed by atoms with Gasteiger partial charge in [0.1, 0.15) is 23.5 Å². The minimum atomic E-state index is -0.930. The van der Waals surface area contributed by atoms with Crippen LogP contribution in [0.4, 0.5) is 0 Å². The van der Waals surface area contributed by atoms with Crippen LogP contribution in [0.5, 0.6) is 5.75 Å². The van der Waals surface area contributed by atoms with Crippen LogP contribution in [0.2, 0.25) is 0 Å². The van der Waals surface area contributed by atoms with Gasteiger partial charge in [-0.2, -0.15) is 0 Å². The van der Waals surface area contributed by atoms with Gasteiger partial charge in [-0.15, -0.1) is 0 Å². The molecule has 2 aromatic rings. The summed E-state index contributed by atoms with van der Waals surface area (Å²) in [5.74, 6) is 1.70. The first kappa shape index (κ1) is 19.6. The van der Waals surface area contributed by atoms with Crippen LogP contribution in [0.3, 0.4) is 0 Å². The van der Waals surface area contributed by atoms with Crippen molar-refractivity contribution in [2.75, 3.05) is 26.7 Å². The third-order valence-corrected chi connectivity index (χ3v) is 10.9. The highest BCUT2D eigenvalue weighted by Crippen LogP contribution is 2.80. The van der Waals surface area contributed by atoms with Crippen molar-refractivity contribution in [3.63, 3.8) is 0 Å². The molecule has 0 radical (unpaired) electrons. The lowest BCUT2D eigenvalue weighted by Gasteiger charge is -2.54. The number of nitrogens with one attached hydrogen (secondary N) is 1. The average Bonchev–Trinajstić information content (AvgIpc) is 3.71. The molecular formula is C27H30N3O4+. The fourth-order valence-corrected chi connectivity index (χ4v) is 9.67. The number of methoxy groups -OCH3 is 1. The molecule has 4 N–H and O–H groups in total. The van der Waals surface area contributed by atoms with Crippen LogP contribution in [0.15, 0.2) is 29.1 Å². The SMILES string of the molecule is COc1ccc2c(c1)[C@@]13Cc4[nH]c(=O)c(C(N)=O)cc4C[C@@]1(O)C14C[N+]1(CC1CC1)CC3C4C2. The van der Waals surface area contributed by atoms with E-state index in [9.17, 15) is 14.7 Å². The quantitative estimate of drug-likeness (QED) is 0.468. The Kier molecular flexibility index (Phi) is 3.24. The number of nitrogens with two attached hydrogens (primary N) is 1. The number of rotatable bonds is 4. The predicted octanol–water partition coefficient (Wildman–Crippen LogP) is 1.04. The molecule has 4 bridgehead atoms. The minimum absolute atomic E-state index is 0.0153. The van der Waals surface area contributed by atoms with Crippen molar-refractivity contribution in [3.8, 4) is 5.75 Å². The predicted molar refractivity (Wildman–Crippen MR) is 124 cm³/mol. The lowest BCUT2D eigenvalue weighted by atomic mass is 9.53. The second kappa shape index (κ2) is 5.60. The Morgan fingerprint density at radius 2 is 2.06 bits per heavy atom. The Morgan fingerprint density at radius 3 is 2.79 bits per heavy atom. The first-order valence-electron chi connectivity index (χ1n) is 12.6. The zero-order chi connectivity index (χ0) is 23.3. The molecule has 2 spiro atoms. The summed E-state index contributed by atoms with van der Waals surface area (Å²) in [5, 5.41) is 13.1. The highest BCUT2D eigenvalue weighted by Gasteiger charge is 2.98. The molecule has 2 saturated heterocycles. The summed E-state index contributed by atoms with van der Waals surface area (Å²) in [7, 11) is 1.69. The molecule has 2 saturated carbocycles. The topological polar surface area (TPSA) is 105 Å². The number of ether oxygens (including phenoxy) is 1. The standard InChI is InChI=1S/C27H29N3O4/c1-34-17-5-4-15-7-20-21-12-30(11-14-2-3-14)13-26(20,30)27(33)9-16-6-18(23(28)31)24(32)29-22(16)10-25(21,27)19(15)8-17/h4-6,8,14,20-21,33H,2-3,7,9-13H2,1H3,(H2-,28,29,31,32)/p+1/t20?,21?,25-,26?,27+,30?/m1/s1. The average molecular weight is 461 g/mol. The maximum absolute atomic E-state index is 13.1. The van der Waals surface area contributed by atoms with Crippen molar-refractivity contribution in [1.82, 2.24) is 4.98 Å². The van der Waals surface area contributed by atoms with E-state index in [4.69, 9.17) is 10.5 Å². The molecule has 1 aromatic carbocycles. The van der Waals surface area contributed by atoms with Crippen molar-refractivity contribution in [2.45, 2.75) is 48.7 Å². The summed E-state index contributed by atoms with van der Waals surface area (Å²) < 4.78 is 6.70. The smallest absolute Gasteiger partial charge is 0.261 e. The van der Waals surface area contributed by atoms with Gasteiger partial charge in [0.25, 0.3) is 11.5 Å². The van der Waals surface area contributed by atoms with E-state index in [1.807, 2.05) is 6.07 Å². The number of aliphatic hydroxyl groups is 1. The highest BCUT2D eigenvalue weighted by molar-refractivity contribution is 5.92. The van der Waals surface area contributed by atoms with E-state index in [0.717, 1.165) is 46.9 Å². The van der Waals surface area contributed by atoms with Crippen LogP contribution in [-0.2, 0) is 24.7 Å². The summed E-state index contributed by atoms with van der Waals surface area (Å²) in [6.07, 6.45) is 4.67. The van der Waals surface area contributed by atoms with Gasteiger partial charge in [-0.3, -0.25) is 9.59 Å². The number of fused-ring (bicyclic) bond motifs is 2. The molecule has 34 heavy (non-hydrogen) atoms. The molecule has 6 aliphatic rings. The monoisotopic (exact) mass is 460 g/mol. The number of amides is 1. The van der Waals surface area contributed by atoms with E-state index in [1.54, 1.807) is 13.2 Å². The molecule has 8 rings (SSSR count). The fraction of sp³-hybridized carbons (Fsp3) is 0.556. The zero-order valence-electron chi connectivity index (χ0n) is 19.4. The Hall–Kier alpha value is -2.64. The number of benzene rings is 1. The summed E-state index contributed by atoms with van der Waals surface area (Å²) >= 11 is 0. The van der Waals surface area contributed by atoms with Gasteiger partial charge in [0.15, 0.2) is 5.54 Å². The first-order valence-corrected chi connectivity index (χ1v) is 12.6. The van der Waals surface area contributed by atoms with Gasteiger partial charge >= 0.3 is 0 Å². The van der Waals surface area contributed by atoms with Gasteiger partial charge in [0, 0.05) is 41.7 Å². The molecule has 176 valence electrons. The van der Waals surface area contributed by atoms with Crippen LogP contribution in [-0.4, -0.2) is 58.4 Å². The van der Waals surface area contributed by atoms with Crippen molar-refractivity contribution in [3.05, 3.63) is 62.6 Å². The van der Waals surface area contributed by atoms with Gasteiger partial charge in [0.05, 0.1) is 20.2 Å². The third-order valence-electron chi connectivity index (χ3n) is 10.9. The molecule has 4 fully saturated rings. The summed E-state index contributed by atoms with van der Waals surface area (Å²) in [4.78, 5) is 27.6. The van der Waals surface area contributed by atoms with Crippen molar-refractivity contribution < 1.29 is 19.1 Å². The molecule has 2 aliphatic heterocycles. The number of hydrogen-bond donors (Lipinski definition) is 3. The van der Waals surface area contributed by atoms with Crippen LogP contribution >= 0.6 is 0 Å². The molecule has 6 atom stereocenters. The number of hydrogen-bond acceptors (Lipinski definition) is 4. The summed E-state index contributed by atoms with van der Waals surface area (Å²) in [5.41, 5.74) is 7.76. The van der Waals surface area contributed by atoms with E-state index in [-0.39, 0.29) is 11.1 Å². The number of aromatic nitrogens is 1. The number of nitrogens with zero attached hydrogens (tertiary/aromatic N) is 1. The second-order valence-electron chi connectivity index (χ2n) is 12.0. The number of piperidine rings is 2. The van der Waals surface area contributed by atoms with E-state index < -0.39 is 22.5 Å². The second-order valence-corrected chi connectivity index (χ2v) is 12.0. The van der Waals surface area contributed by atoms with Crippen LogP contribution in [0.25, 0.3) is 0 Å². The highest BCUT2D eigenvalue weighted by atomic mass is 16.5. The van der Waals surface area contributed by atoms with E-state index in [2.05, 4.69) is 17.1 Å². The minimum Gasteiger partial charge on any atom is -0.497 e. The molecule has 1 amide bonds. The molecule has 4 unspecified atom stereocenters. The molecule has 1 aromatic heterocycles. The number of carbonyl (C=O) groups excluding carboxylic acids is 1. The number of quaternary nitrogens is 1. The molecular weight excluding hydrogens is 430 g/mol. The van der Waals surface area contributed by atoms with Crippen molar-refractivity contribution in [1.29, 1.82) is 0 Å². The Morgan fingerprint density at radius 1 is 1.24 bits per heavy atom. The van der Waals surface area contributed by atoms with Crippen LogP contribution in [0.1, 0.15) is 45.6 Å². The van der Waals surface area contributed by atoms with Gasteiger partial charge in [-0.1, -0.05) is 6.07 Å². The Bertz CT molecular complexity index is 1380. The summed E-state index contributed by atoms with van der Waals surface area (Å²) in [6.45, 7) is 3.37.